The third-order valence-electron chi connectivity index (χ3n) is 3.37. The smallest absolute Gasteiger partial charge is 0.177 e. The first kappa shape index (κ1) is 14.0. The molecule has 1 aromatic heterocycles. The van der Waals surface area contributed by atoms with Crippen molar-refractivity contribution in [2.45, 2.75) is 6.92 Å². The average Bonchev–Trinajstić information content (AvgIpc) is 2.84. The van der Waals surface area contributed by atoms with Crippen molar-refractivity contribution < 1.29 is 4.52 Å². The van der Waals surface area contributed by atoms with Crippen molar-refractivity contribution in [2.75, 3.05) is 5.73 Å². The lowest BCUT2D eigenvalue weighted by Crippen LogP contribution is -1.90. The van der Waals surface area contributed by atoms with E-state index in [4.69, 9.17) is 33.5 Å². The molecule has 106 valence electrons. The van der Waals surface area contributed by atoms with E-state index in [1.807, 2.05) is 43.3 Å². The molecule has 3 aromatic rings. The number of anilines is 1. The molecule has 0 unspecified atom stereocenters. The van der Waals surface area contributed by atoms with Gasteiger partial charge in [-0.25, -0.2) is 0 Å². The van der Waals surface area contributed by atoms with Crippen LogP contribution in [0.15, 0.2) is 47.0 Å². The fourth-order valence-electron chi connectivity index (χ4n) is 2.26. The van der Waals surface area contributed by atoms with E-state index >= 15 is 0 Å². The quantitative estimate of drug-likeness (QED) is 0.706. The molecule has 0 saturated carbocycles. The Hall–Kier alpha value is -1.97. The van der Waals surface area contributed by atoms with Crippen LogP contribution in [0, 0.1) is 6.92 Å². The molecule has 0 aliphatic heterocycles. The van der Waals surface area contributed by atoms with Gasteiger partial charge >= 0.3 is 0 Å². The number of aromatic nitrogens is 1. The highest BCUT2D eigenvalue weighted by atomic mass is 35.5. The fraction of sp³-hybridized carbons (Fsp3) is 0.0625. The van der Waals surface area contributed by atoms with Crippen LogP contribution in [0.2, 0.25) is 10.0 Å². The number of nitrogen functional groups attached to an aromatic ring is 1. The lowest BCUT2D eigenvalue weighted by atomic mass is 9.98. The first-order valence-corrected chi connectivity index (χ1v) is 7.10. The van der Waals surface area contributed by atoms with Crippen LogP contribution in [0.5, 0.6) is 0 Å². The number of benzene rings is 2. The predicted octanol–water partition coefficient (Wildman–Crippen LogP) is 5.21. The van der Waals surface area contributed by atoms with Gasteiger partial charge < -0.3 is 10.3 Å². The van der Waals surface area contributed by atoms with Crippen LogP contribution in [0.4, 0.5) is 5.82 Å². The van der Waals surface area contributed by atoms with Gasteiger partial charge in [0.1, 0.15) is 0 Å². The molecule has 0 amide bonds. The Morgan fingerprint density at radius 3 is 2.38 bits per heavy atom. The van der Waals surface area contributed by atoms with Crippen molar-refractivity contribution in [3.05, 3.63) is 58.1 Å². The van der Waals surface area contributed by atoms with Gasteiger partial charge in [0, 0.05) is 21.2 Å². The molecule has 2 aromatic carbocycles. The largest absolute Gasteiger partial charge is 0.380 e. The van der Waals surface area contributed by atoms with Gasteiger partial charge in [0.2, 0.25) is 0 Å². The Labute approximate surface area is 132 Å². The molecular weight excluding hydrogens is 307 g/mol. The highest BCUT2D eigenvalue weighted by molar-refractivity contribution is 6.33. The standard InChI is InChI=1S/C16H12Cl2N2O/c1-9-10(6-4-8-12(9)17)15-14(16(19)20-21-15)11-5-2-3-7-13(11)18/h2-8H,1H3,(H2,19,20). The minimum Gasteiger partial charge on any atom is -0.380 e. The van der Waals surface area contributed by atoms with Crippen LogP contribution in [0.3, 0.4) is 0 Å². The third kappa shape index (κ3) is 2.39. The molecule has 1 heterocycles. The Balaban J connectivity index is 2.28. The second kappa shape index (κ2) is 5.43. The van der Waals surface area contributed by atoms with Gasteiger partial charge in [0.15, 0.2) is 11.6 Å². The summed E-state index contributed by atoms with van der Waals surface area (Å²) in [7, 11) is 0. The van der Waals surface area contributed by atoms with Gasteiger partial charge in [-0.2, -0.15) is 0 Å². The van der Waals surface area contributed by atoms with E-state index in [1.165, 1.54) is 0 Å². The third-order valence-corrected chi connectivity index (χ3v) is 4.11. The van der Waals surface area contributed by atoms with Crippen molar-refractivity contribution in [3.63, 3.8) is 0 Å². The predicted molar refractivity (Wildman–Crippen MR) is 86.5 cm³/mol. The summed E-state index contributed by atoms with van der Waals surface area (Å²) in [5.74, 6) is 0.873. The maximum Gasteiger partial charge on any atom is 0.177 e. The second-order valence-corrected chi connectivity index (χ2v) is 5.48. The summed E-state index contributed by atoms with van der Waals surface area (Å²) in [6.07, 6.45) is 0. The molecule has 5 heteroatoms. The van der Waals surface area contributed by atoms with E-state index < -0.39 is 0 Å². The normalized spacial score (nSPS) is 10.8. The maximum atomic E-state index is 6.27. The van der Waals surface area contributed by atoms with Crippen LogP contribution in [-0.4, -0.2) is 5.16 Å². The Bertz CT molecular complexity index is 812. The summed E-state index contributed by atoms with van der Waals surface area (Å²) in [5, 5.41) is 5.13. The van der Waals surface area contributed by atoms with Crippen LogP contribution < -0.4 is 5.73 Å². The molecule has 21 heavy (non-hydrogen) atoms. The number of halogens is 2. The van der Waals surface area contributed by atoms with Gasteiger partial charge in [-0.15, -0.1) is 0 Å². The zero-order valence-corrected chi connectivity index (χ0v) is 12.7. The highest BCUT2D eigenvalue weighted by Crippen LogP contribution is 2.41. The highest BCUT2D eigenvalue weighted by Gasteiger charge is 2.21. The Morgan fingerprint density at radius 1 is 0.952 bits per heavy atom. The first-order valence-electron chi connectivity index (χ1n) is 6.35. The zero-order valence-electron chi connectivity index (χ0n) is 11.2. The van der Waals surface area contributed by atoms with E-state index in [0.717, 1.165) is 16.7 Å². The topological polar surface area (TPSA) is 52.0 Å². The molecule has 0 saturated heterocycles. The summed E-state index contributed by atoms with van der Waals surface area (Å²) < 4.78 is 5.43. The Morgan fingerprint density at radius 2 is 1.62 bits per heavy atom. The molecule has 0 fully saturated rings. The average molecular weight is 319 g/mol. The van der Waals surface area contributed by atoms with E-state index in [0.29, 0.717) is 27.2 Å². The SMILES string of the molecule is Cc1c(Cl)cccc1-c1onc(N)c1-c1ccccc1Cl. The molecule has 0 spiro atoms. The molecule has 0 radical (unpaired) electrons. The van der Waals surface area contributed by atoms with Gasteiger partial charge in [0.05, 0.1) is 5.56 Å². The van der Waals surface area contributed by atoms with Gasteiger partial charge in [-0.1, -0.05) is 58.7 Å². The lowest BCUT2D eigenvalue weighted by Gasteiger charge is -2.08. The van der Waals surface area contributed by atoms with Crippen molar-refractivity contribution >= 4 is 29.0 Å². The summed E-state index contributed by atoms with van der Waals surface area (Å²) in [4.78, 5) is 0. The van der Waals surface area contributed by atoms with E-state index in [-0.39, 0.29) is 0 Å². The molecule has 3 rings (SSSR count). The van der Waals surface area contributed by atoms with E-state index in [1.54, 1.807) is 6.07 Å². The van der Waals surface area contributed by atoms with Gasteiger partial charge in [0.25, 0.3) is 0 Å². The number of hydrogen-bond donors (Lipinski definition) is 1. The van der Waals surface area contributed by atoms with Crippen molar-refractivity contribution in [1.82, 2.24) is 5.16 Å². The number of rotatable bonds is 2. The molecule has 0 bridgehead atoms. The summed E-state index contributed by atoms with van der Waals surface area (Å²) in [6.45, 7) is 1.92. The number of nitrogens with two attached hydrogens (primary N) is 1. The molecule has 3 nitrogen and oxygen atoms in total. The minimum atomic E-state index is 0.303. The number of nitrogens with zero attached hydrogens (tertiary/aromatic N) is 1. The summed E-state index contributed by atoms with van der Waals surface area (Å²) >= 11 is 12.4. The van der Waals surface area contributed by atoms with Crippen molar-refractivity contribution in [1.29, 1.82) is 0 Å². The number of hydrogen-bond acceptors (Lipinski definition) is 3. The first-order chi connectivity index (χ1) is 10.1. The van der Waals surface area contributed by atoms with Gasteiger partial charge in [-0.05, 0) is 24.6 Å². The Kier molecular flexibility index (Phi) is 3.62. The zero-order chi connectivity index (χ0) is 15.0. The second-order valence-electron chi connectivity index (χ2n) is 4.66. The van der Waals surface area contributed by atoms with Crippen LogP contribution in [0.25, 0.3) is 22.5 Å². The molecular formula is C16H12Cl2N2O. The maximum absolute atomic E-state index is 6.27. The van der Waals surface area contributed by atoms with Crippen LogP contribution in [-0.2, 0) is 0 Å². The monoisotopic (exact) mass is 318 g/mol. The van der Waals surface area contributed by atoms with E-state index in [9.17, 15) is 0 Å². The van der Waals surface area contributed by atoms with Crippen LogP contribution in [0.1, 0.15) is 5.56 Å². The molecule has 0 aliphatic carbocycles. The fourth-order valence-corrected chi connectivity index (χ4v) is 2.67. The summed E-state index contributed by atoms with van der Waals surface area (Å²) in [6, 6.07) is 13.0. The molecule has 0 aliphatic rings. The minimum absolute atomic E-state index is 0.303. The molecule has 0 atom stereocenters. The molecule has 2 N–H and O–H groups in total. The summed E-state index contributed by atoms with van der Waals surface area (Å²) in [5.41, 5.74) is 9.20. The van der Waals surface area contributed by atoms with Crippen molar-refractivity contribution in [2.24, 2.45) is 0 Å². The van der Waals surface area contributed by atoms with Gasteiger partial charge in [-0.3, -0.25) is 0 Å². The van der Waals surface area contributed by atoms with Crippen LogP contribution >= 0.6 is 23.2 Å². The van der Waals surface area contributed by atoms with E-state index in [2.05, 4.69) is 5.16 Å². The lowest BCUT2D eigenvalue weighted by molar-refractivity contribution is 0.436. The van der Waals surface area contributed by atoms with Crippen molar-refractivity contribution in [3.8, 4) is 22.5 Å².